The summed E-state index contributed by atoms with van der Waals surface area (Å²) in [4.78, 5) is 38.4. The lowest BCUT2D eigenvalue weighted by atomic mass is 10.1. The SMILES string of the molecule is CC/C=C\C/C=C\C/C=C\C/C=C\C/C=C\C/C=C\CCCCCCCCCCCCC(=O)OCC(COC(=O)CCCCCCC/C=C\C/C=C\CCCCCC)OC(=O)CCCCCCCC/C=C\C/C=C\C/C=C\CCCCC. The molecular weight excluding hydrogens is 1010 g/mol. The summed E-state index contributed by atoms with van der Waals surface area (Å²) in [7, 11) is 0. The van der Waals surface area contributed by atoms with Crippen molar-refractivity contribution >= 4 is 17.9 Å². The molecule has 0 radical (unpaired) electrons. The van der Waals surface area contributed by atoms with E-state index in [1.807, 2.05) is 0 Å². The zero-order valence-electron chi connectivity index (χ0n) is 53.5. The van der Waals surface area contributed by atoms with Crippen molar-refractivity contribution in [2.24, 2.45) is 0 Å². The fraction of sp³-hybridized carbons (Fsp3) is 0.671. The number of carbonyl (C=O) groups excluding carboxylic acids is 3. The Kier molecular flexibility index (Phi) is 65.3. The number of ether oxygens (including phenoxy) is 3. The predicted molar refractivity (Wildman–Crippen MR) is 357 cm³/mol. The summed E-state index contributed by atoms with van der Waals surface area (Å²) >= 11 is 0. The second-order valence-corrected chi connectivity index (χ2v) is 22.3. The second kappa shape index (κ2) is 69.0. The third kappa shape index (κ3) is 66.4. The first-order valence-electron chi connectivity index (χ1n) is 34.2. The molecule has 0 heterocycles. The average Bonchev–Trinajstić information content (AvgIpc) is 3.47. The summed E-state index contributed by atoms with van der Waals surface area (Å²) in [5.41, 5.74) is 0. The zero-order valence-corrected chi connectivity index (χ0v) is 53.5. The summed E-state index contributed by atoms with van der Waals surface area (Å²) < 4.78 is 16.9. The highest BCUT2D eigenvalue weighted by atomic mass is 16.6. The fourth-order valence-electron chi connectivity index (χ4n) is 9.25. The Morgan fingerprint density at radius 3 is 0.768 bits per heavy atom. The summed E-state index contributed by atoms with van der Waals surface area (Å²) in [6.07, 6.45) is 97.4. The van der Waals surface area contributed by atoms with Crippen LogP contribution in [0.1, 0.15) is 310 Å². The van der Waals surface area contributed by atoms with Crippen LogP contribution in [0, 0.1) is 0 Å². The predicted octanol–water partition coefficient (Wildman–Crippen LogP) is 23.7. The minimum absolute atomic E-state index is 0.0930. The maximum Gasteiger partial charge on any atom is 0.306 e. The van der Waals surface area contributed by atoms with Gasteiger partial charge in [0.1, 0.15) is 13.2 Å². The Morgan fingerprint density at radius 1 is 0.256 bits per heavy atom. The lowest BCUT2D eigenvalue weighted by Gasteiger charge is -2.18. The van der Waals surface area contributed by atoms with Gasteiger partial charge in [-0.05, 0) is 141 Å². The van der Waals surface area contributed by atoms with Crippen LogP contribution in [0.15, 0.2) is 134 Å². The first kappa shape index (κ1) is 77.5. The molecule has 0 aromatic heterocycles. The largest absolute Gasteiger partial charge is 0.462 e. The van der Waals surface area contributed by atoms with Crippen molar-refractivity contribution < 1.29 is 28.6 Å². The van der Waals surface area contributed by atoms with Crippen molar-refractivity contribution in [1.29, 1.82) is 0 Å². The van der Waals surface area contributed by atoms with Crippen LogP contribution in [-0.4, -0.2) is 37.2 Å². The molecule has 0 bridgehead atoms. The molecule has 466 valence electrons. The van der Waals surface area contributed by atoms with Gasteiger partial charge in [0.05, 0.1) is 0 Å². The van der Waals surface area contributed by atoms with E-state index in [1.165, 1.54) is 122 Å². The quantitative estimate of drug-likeness (QED) is 0.0261. The second-order valence-electron chi connectivity index (χ2n) is 22.3. The third-order valence-corrected chi connectivity index (χ3v) is 14.4. The van der Waals surface area contributed by atoms with Crippen LogP contribution in [0.5, 0.6) is 0 Å². The lowest BCUT2D eigenvalue weighted by Crippen LogP contribution is -2.30. The molecule has 0 aromatic carbocycles. The Balaban J connectivity index is 4.38. The number of hydrogen-bond acceptors (Lipinski definition) is 6. The van der Waals surface area contributed by atoms with Crippen molar-refractivity contribution in [2.75, 3.05) is 13.2 Å². The van der Waals surface area contributed by atoms with Crippen molar-refractivity contribution in [3.8, 4) is 0 Å². The molecule has 0 aromatic rings. The highest BCUT2D eigenvalue weighted by Crippen LogP contribution is 2.15. The smallest absolute Gasteiger partial charge is 0.306 e. The molecular formula is C76H126O6. The third-order valence-electron chi connectivity index (χ3n) is 14.4. The van der Waals surface area contributed by atoms with E-state index in [1.54, 1.807) is 0 Å². The van der Waals surface area contributed by atoms with Crippen LogP contribution in [0.3, 0.4) is 0 Å². The van der Waals surface area contributed by atoms with Crippen LogP contribution in [0.4, 0.5) is 0 Å². The summed E-state index contributed by atoms with van der Waals surface area (Å²) in [6, 6.07) is 0. The molecule has 0 fully saturated rings. The van der Waals surface area contributed by atoms with Crippen LogP contribution in [0.2, 0.25) is 0 Å². The molecule has 1 unspecified atom stereocenters. The van der Waals surface area contributed by atoms with Crippen LogP contribution in [0.25, 0.3) is 0 Å². The van der Waals surface area contributed by atoms with E-state index >= 15 is 0 Å². The van der Waals surface area contributed by atoms with Crippen molar-refractivity contribution in [2.45, 2.75) is 316 Å². The van der Waals surface area contributed by atoms with Crippen molar-refractivity contribution in [3.63, 3.8) is 0 Å². The van der Waals surface area contributed by atoms with Gasteiger partial charge < -0.3 is 14.2 Å². The Hall–Kier alpha value is -4.45. The van der Waals surface area contributed by atoms with E-state index in [2.05, 4.69) is 154 Å². The topological polar surface area (TPSA) is 78.9 Å². The van der Waals surface area contributed by atoms with Gasteiger partial charge in [0.2, 0.25) is 0 Å². The summed E-state index contributed by atoms with van der Waals surface area (Å²) in [5, 5.41) is 0. The minimum Gasteiger partial charge on any atom is -0.462 e. The molecule has 0 aliphatic rings. The van der Waals surface area contributed by atoms with E-state index < -0.39 is 6.10 Å². The first-order valence-corrected chi connectivity index (χ1v) is 34.2. The van der Waals surface area contributed by atoms with Gasteiger partial charge in [0.25, 0.3) is 0 Å². The molecule has 82 heavy (non-hydrogen) atoms. The number of hydrogen-bond donors (Lipinski definition) is 0. The Morgan fingerprint density at radius 2 is 0.476 bits per heavy atom. The first-order chi connectivity index (χ1) is 40.5. The fourth-order valence-corrected chi connectivity index (χ4v) is 9.25. The number of esters is 3. The van der Waals surface area contributed by atoms with Gasteiger partial charge in [-0.2, -0.15) is 0 Å². The van der Waals surface area contributed by atoms with Gasteiger partial charge >= 0.3 is 17.9 Å². The molecule has 0 aliphatic carbocycles. The van der Waals surface area contributed by atoms with Gasteiger partial charge in [0, 0.05) is 19.3 Å². The molecule has 0 spiro atoms. The highest BCUT2D eigenvalue weighted by Gasteiger charge is 2.19. The van der Waals surface area contributed by atoms with E-state index in [9.17, 15) is 14.4 Å². The molecule has 0 aliphatic heterocycles. The van der Waals surface area contributed by atoms with Crippen molar-refractivity contribution in [1.82, 2.24) is 0 Å². The number of allylic oxidation sites excluding steroid dienone is 22. The van der Waals surface area contributed by atoms with Gasteiger partial charge in [-0.15, -0.1) is 0 Å². The lowest BCUT2D eigenvalue weighted by molar-refractivity contribution is -0.167. The standard InChI is InChI=1S/C76H126O6/c1-4-7-10-13-16-19-22-25-28-31-33-34-35-36-37-38-39-40-41-42-44-45-48-51-54-57-60-63-66-69-75(78)81-72-73(71-80-74(77)68-65-62-59-56-53-50-47-30-27-24-21-18-15-12-9-6-3)82-76(79)70-67-64-61-58-55-52-49-46-43-32-29-26-23-20-17-14-11-8-5-2/h7,10,16-17,19-21,24-26,28-30,33-34,36-37,39-40,43,46-47,73H,4-6,8-9,11-15,18,22-23,27,31-32,35,38,41-42,44-45,48-72H2,1-3H3/b10-7-,19-16-,20-17-,24-21-,28-25-,29-26-,34-33-,37-36-,40-39-,46-43-,47-30-. The number of carbonyl (C=O) groups is 3. The van der Waals surface area contributed by atoms with Crippen LogP contribution >= 0.6 is 0 Å². The van der Waals surface area contributed by atoms with E-state index in [-0.39, 0.29) is 31.1 Å². The summed E-state index contributed by atoms with van der Waals surface area (Å²) in [6.45, 7) is 6.47. The molecule has 0 saturated carbocycles. The molecule has 6 heteroatoms. The molecule has 0 rings (SSSR count). The molecule has 1 atom stereocenters. The highest BCUT2D eigenvalue weighted by molar-refractivity contribution is 5.71. The minimum atomic E-state index is -0.799. The van der Waals surface area contributed by atoms with Crippen LogP contribution < -0.4 is 0 Å². The molecule has 0 amide bonds. The van der Waals surface area contributed by atoms with E-state index in [0.29, 0.717) is 19.3 Å². The Bertz CT molecular complexity index is 1730. The van der Waals surface area contributed by atoms with Gasteiger partial charge in [-0.3, -0.25) is 14.4 Å². The van der Waals surface area contributed by atoms with Crippen LogP contribution in [-0.2, 0) is 28.6 Å². The maximum absolute atomic E-state index is 12.9. The number of unbranched alkanes of at least 4 members (excludes halogenated alkanes) is 28. The maximum atomic E-state index is 12.9. The van der Waals surface area contributed by atoms with E-state index in [4.69, 9.17) is 14.2 Å². The number of rotatable bonds is 61. The van der Waals surface area contributed by atoms with Gasteiger partial charge in [-0.25, -0.2) is 0 Å². The summed E-state index contributed by atoms with van der Waals surface area (Å²) in [5.74, 6) is -0.917. The van der Waals surface area contributed by atoms with Gasteiger partial charge in [0.15, 0.2) is 6.10 Å². The zero-order chi connectivity index (χ0) is 59.2. The van der Waals surface area contributed by atoms with E-state index in [0.717, 1.165) is 148 Å². The normalized spacial score (nSPS) is 13.0. The molecule has 0 saturated heterocycles. The molecule has 6 nitrogen and oxygen atoms in total. The molecule has 0 N–H and O–H groups in total. The average molecular weight is 1140 g/mol. The Labute approximate surface area is 506 Å². The van der Waals surface area contributed by atoms with Gasteiger partial charge in [-0.1, -0.05) is 283 Å². The van der Waals surface area contributed by atoms with Crippen molar-refractivity contribution in [3.05, 3.63) is 134 Å². The monoisotopic (exact) mass is 1130 g/mol.